The van der Waals surface area contributed by atoms with E-state index in [1.807, 2.05) is 18.2 Å². The van der Waals surface area contributed by atoms with Gasteiger partial charge < -0.3 is 40.5 Å². The number of amides is 4. The van der Waals surface area contributed by atoms with E-state index < -0.39 is 107 Å². The van der Waals surface area contributed by atoms with E-state index in [4.69, 9.17) is 9.47 Å². The number of ketones is 2. The van der Waals surface area contributed by atoms with Gasteiger partial charge in [0.15, 0.2) is 29.1 Å². The topological polar surface area (TPSA) is 201 Å². The quantitative estimate of drug-likeness (QED) is 0.186. The minimum Gasteiger partial charge on any atom is -0.390 e. The van der Waals surface area contributed by atoms with Crippen molar-refractivity contribution in [1.29, 1.82) is 0 Å². The van der Waals surface area contributed by atoms with Gasteiger partial charge in [0.25, 0.3) is 5.91 Å². The molecule has 2 heterocycles. The molecule has 14 nitrogen and oxygen atoms in total. The maximum atomic E-state index is 17.7. The molecule has 6 aliphatic rings. The highest BCUT2D eigenvalue weighted by atomic mass is 32.2. The van der Waals surface area contributed by atoms with Crippen molar-refractivity contribution in [2.45, 2.75) is 111 Å². The number of hydrogen-bond acceptors (Lipinski definition) is 11. The van der Waals surface area contributed by atoms with E-state index in [2.05, 4.69) is 22.5 Å². The van der Waals surface area contributed by atoms with Crippen molar-refractivity contribution in [3.8, 4) is 0 Å². The molecule has 12 atom stereocenters. The lowest BCUT2D eigenvalue weighted by Crippen LogP contribution is -2.70. The third-order valence-corrected chi connectivity index (χ3v) is 15.5. The number of aliphatic hydroxyl groups is 2. The summed E-state index contributed by atoms with van der Waals surface area (Å²) in [5, 5.41) is 30.1. The van der Waals surface area contributed by atoms with E-state index in [1.165, 1.54) is 55.7 Å². The highest BCUT2D eigenvalue weighted by Gasteiger charge is 2.80. The SMILES string of the molecule is C=C1C=CC(=O)N1CCC(=O)N[C@@H](C)C(=O)N[C@@H](C)C(=O)Nc1cccc(Sc2ccc([C@@H]3O[C@@H]4C[C@H]5[C@@H]6C[C@H](F)C7=CC(=O)C=C[C@]7(C)[C@@]6(F)[C@@H](O)C[C@]5(C)[C@]4(C(=O)CO)O3)cc2)c1. The van der Waals surface area contributed by atoms with Crippen molar-refractivity contribution < 1.29 is 57.2 Å². The van der Waals surface area contributed by atoms with Crippen LogP contribution in [0.4, 0.5) is 14.5 Å². The van der Waals surface area contributed by atoms with Crippen LogP contribution in [-0.2, 0) is 38.2 Å². The Morgan fingerprint density at radius 2 is 1.69 bits per heavy atom. The van der Waals surface area contributed by atoms with Crippen LogP contribution in [0, 0.1) is 22.7 Å². The van der Waals surface area contributed by atoms with E-state index in [0.717, 1.165) is 15.9 Å². The second-order valence-electron chi connectivity index (χ2n) is 18.3. The predicted octanol–water partition coefficient (Wildman–Crippen LogP) is 4.73. The molecule has 2 aromatic carbocycles. The maximum Gasteiger partial charge on any atom is 0.251 e. The molecular formula is C48H52F2N4O10S. The summed E-state index contributed by atoms with van der Waals surface area (Å²) in [6.07, 6.45) is 0.875. The van der Waals surface area contributed by atoms with E-state index in [-0.39, 0.29) is 43.7 Å². The summed E-state index contributed by atoms with van der Waals surface area (Å²) in [6, 6.07) is 12.4. The number of carbonyl (C=O) groups is 6. The molecule has 2 aliphatic heterocycles. The first-order valence-electron chi connectivity index (χ1n) is 21.7. The normalized spacial score (nSPS) is 34.2. The molecule has 2 aromatic rings. The number of hydrogen-bond donors (Lipinski definition) is 5. The lowest BCUT2D eigenvalue weighted by Gasteiger charge is -2.63. The summed E-state index contributed by atoms with van der Waals surface area (Å²) in [7, 11) is 0. The number of nitrogens with zero attached hydrogens (tertiary/aromatic N) is 1. The van der Waals surface area contributed by atoms with Crippen molar-refractivity contribution in [2.24, 2.45) is 22.7 Å². The molecule has 0 radical (unpaired) electrons. The number of halogens is 2. The van der Waals surface area contributed by atoms with Crippen LogP contribution < -0.4 is 16.0 Å². The molecule has 4 fully saturated rings. The van der Waals surface area contributed by atoms with Gasteiger partial charge in [-0.3, -0.25) is 28.8 Å². The molecule has 0 aromatic heterocycles. The number of aliphatic hydroxyl groups excluding tert-OH is 2. The van der Waals surface area contributed by atoms with Crippen molar-refractivity contribution in [1.82, 2.24) is 15.5 Å². The number of ether oxygens (including phenoxy) is 2. The molecule has 4 aliphatic carbocycles. The van der Waals surface area contributed by atoms with Crippen molar-refractivity contribution >= 4 is 52.6 Å². The Kier molecular flexibility index (Phi) is 12.2. The summed E-state index contributed by atoms with van der Waals surface area (Å²) in [5.74, 6) is -4.61. The monoisotopic (exact) mass is 914 g/mol. The molecule has 5 N–H and O–H groups in total. The van der Waals surface area contributed by atoms with Gasteiger partial charge in [0.2, 0.25) is 17.7 Å². The van der Waals surface area contributed by atoms with E-state index >= 15 is 8.78 Å². The summed E-state index contributed by atoms with van der Waals surface area (Å²) in [6.45, 7) is 9.22. The van der Waals surface area contributed by atoms with Crippen LogP contribution in [0.2, 0.25) is 0 Å². The molecule has 0 unspecified atom stereocenters. The largest absolute Gasteiger partial charge is 0.390 e. The first kappa shape index (κ1) is 46.2. The fourth-order valence-corrected chi connectivity index (χ4v) is 12.0. The Labute approximate surface area is 378 Å². The van der Waals surface area contributed by atoms with E-state index in [9.17, 15) is 39.0 Å². The van der Waals surface area contributed by atoms with Crippen LogP contribution in [0.3, 0.4) is 0 Å². The van der Waals surface area contributed by atoms with Gasteiger partial charge >= 0.3 is 0 Å². The lowest BCUT2D eigenvalue weighted by atomic mass is 9.44. The summed E-state index contributed by atoms with van der Waals surface area (Å²) in [5.41, 5.74) is -5.44. The molecule has 4 amide bonds. The second kappa shape index (κ2) is 17.1. The third kappa shape index (κ3) is 7.68. The second-order valence-corrected chi connectivity index (χ2v) is 19.4. The fourth-order valence-electron chi connectivity index (χ4n) is 11.2. The number of Topliss-reactive ketones (excluding diaryl/α,β-unsaturated/α-hetero) is 1. The van der Waals surface area contributed by atoms with E-state index in [0.29, 0.717) is 16.9 Å². The maximum absolute atomic E-state index is 17.7. The minimum atomic E-state index is -2.35. The van der Waals surface area contributed by atoms with Gasteiger partial charge in [-0.1, -0.05) is 49.5 Å². The zero-order chi connectivity index (χ0) is 46.8. The zero-order valence-electron chi connectivity index (χ0n) is 36.3. The number of rotatable bonds is 13. The summed E-state index contributed by atoms with van der Waals surface area (Å²) < 4.78 is 46.8. The van der Waals surface area contributed by atoms with Crippen LogP contribution in [-0.4, -0.2) is 105 Å². The van der Waals surface area contributed by atoms with Crippen LogP contribution in [0.5, 0.6) is 0 Å². The molecule has 17 heteroatoms. The molecule has 0 bridgehead atoms. The Morgan fingerprint density at radius 1 is 0.969 bits per heavy atom. The number of carbonyl (C=O) groups excluding carboxylic acids is 6. The number of anilines is 1. The van der Waals surface area contributed by atoms with Crippen LogP contribution in [0.15, 0.2) is 107 Å². The number of alkyl halides is 2. The van der Waals surface area contributed by atoms with Crippen molar-refractivity contribution in [2.75, 3.05) is 18.5 Å². The Hall–Kier alpha value is -5.33. The molecule has 344 valence electrons. The van der Waals surface area contributed by atoms with Gasteiger partial charge in [-0.05, 0) is 100 Å². The minimum absolute atomic E-state index is 0.000343. The fraction of sp³-hybridized carbons (Fsp3) is 0.458. The predicted molar refractivity (Wildman–Crippen MR) is 233 cm³/mol. The zero-order valence-corrected chi connectivity index (χ0v) is 37.2. The van der Waals surface area contributed by atoms with Crippen molar-refractivity contribution in [3.05, 3.63) is 102 Å². The van der Waals surface area contributed by atoms with Gasteiger partial charge in [0, 0.05) is 62.5 Å². The van der Waals surface area contributed by atoms with E-state index in [1.54, 1.807) is 43.3 Å². The Balaban J connectivity index is 0.887. The summed E-state index contributed by atoms with van der Waals surface area (Å²) in [4.78, 5) is 79.3. The smallest absolute Gasteiger partial charge is 0.251 e. The molecule has 1 saturated heterocycles. The highest BCUT2D eigenvalue weighted by Crippen LogP contribution is 2.72. The molecule has 0 spiro atoms. The number of fused-ring (bicyclic) bond motifs is 7. The standard InChI is InChI=1S/C48H52F2N4O10S/c1-25-9-14-41(60)54(25)18-16-40(59)51-26(2)42(61)52-27(3)43(62)53-29-7-6-8-32(19-29)65-31-12-10-28(11-13-31)44-63-39-22-33-34-21-36(49)35-20-30(56)15-17-45(35,4)47(34,50)37(57)23-46(33,5)48(39,64-44)38(58)24-55/h6-15,17,19-20,26-27,33-34,36-37,39,44,55,57H,1,16,18,21-24H2,2-5H3,(H,51,59)(H,52,61)(H,53,62)/t26-,27-,33-,34-,36-,37-,39+,44+,45-,46-,47-,48+/m0/s1. The molecule has 8 rings (SSSR count). The van der Waals surface area contributed by atoms with Gasteiger partial charge in [0.05, 0.1) is 12.2 Å². The van der Waals surface area contributed by atoms with Gasteiger partial charge in [0.1, 0.15) is 24.9 Å². The highest BCUT2D eigenvalue weighted by molar-refractivity contribution is 7.99. The number of benzene rings is 2. The third-order valence-electron chi connectivity index (χ3n) is 14.5. The number of allylic oxidation sites excluding steroid dienone is 5. The van der Waals surface area contributed by atoms with Gasteiger partial charge in [-0.15, -0.1) is 0 Å². The average Bonchev–Trinajstić information content (AvgIpc) is 3.89. The Morgan fingerprint density at radius 3 is 2.38 bits per heavy atom. The van der Waals surface area contributed by atoms with Gasteiger partial charge in [-0.25, -0.2) is 8.78 Å². The summed E-state index contributed by atoms with van der Waals surface area (Å²) >= 11 is 1.40. The lowest BCUT2D eigenvalue weighted by molar-refractivity contribution is -0.235. The van der Waals surface area contributed by atoms with Crippen LogP contribution >= 0.6 is 11.8 Å². The average molecular weight is 915 g/mol. The number of nitrogens with one attached hydrogen (secondary N) is 3. The molecule has 65 heavy (non-hydrogen) atoms. The first-order valence-corrected chi connectivity index (χ1v) is 22.5. The molecule has 3 saturated carbocycles. The van der Waals surface area contributed by atoms with Crippen molar-refractivity contribution in [3.63, 3.8) is 0 Å². The first-order chi connectivity index (χ1) is 30.7. The Bertz CT molecular complexity index is 2430. The molecular weight excluding hydrogens is 863 g/mol. The van der Waals surface area contributed by atoms with Gasteiger partial charge in [-0.2, -0.15) is 0 Å². The van der Waals surface area contributed by atoms with Crippen LogP contribution in [0.25, 0.3) is 0 Å². The van der Waals surface area contributed by atoms with Crippen LogP contribution in [0.1, 0.15) is 65.2 Å².